The average molecular weight is 507 g/mol. The van der Waals surface area contributed by atoms with Crippen molar-refractivity contribution in [2.75, 3.05) is 5.75 Å². The van der Waals surface area contributed by atoms with Gasteiger partial charge in [-0.05, 0) is 50.5 Å². The van der Waals surface area contributed by atoms with Crippen LogP contribution in [0.5, 0.6) is 0 Å². The van der Waals surface area contributed by atoms with E-state index in [1.807, 2.05) is 63.2 Å². The lowest BCUT2D eigenvalue weighted by Gasteiger charge is -2.34. The van der Waals surface area contributed by atoms with Gasteiger partial charge in [-0.25, -0.2) is 4.39 Å². The number of nitrogens with zero attached hydrogens (tertiary/aromatic N) is 1. The standard InChI is InChI=1S/C30H35FN2O2S/c1-22-12-8-9-16-25(22)20-36-21-28(34)33(19-24-15-10-11-17-26(24)31)27(29(35)32-30(2,3)4)18-23-13-6-5-7-14-23/h5-17,27H,18-21H2,1-4H3,(H,32,35)/t27-/m0/s1. The number of aryl methyl sites for hydroxylation is 1. The van der Waals surface area contributed by atoms with Gasteiger partial charge in [0.15, 0.2) is 0 Å². The van der Waals surface area contributed by atoms with E-state index >= 15 is 0 Å². The Morgan fingerprint density at radius 1 is 0.917 bits per heavy atom. The van der Waals surface area contributed by atoms with Crippen LogP contribution in [-0.2, 0) is 28.3 Å². The number of amides is 2. The summed E-state index contributed by atoms with van der Waals surface area (Å²) < 4.78 is 14.6. The first-order valence-corrected chi connectivity index (χ1v) is 13.3. The van der Waals surface area contributed by atoms with Crippen LogP contribution >= 0.6 is 11.8 Å². The molecule has 0 bridgehead atoms. The predicted molar refractivity (Wildman–Crippen MR) is 146 cm³/mol. The zero-order valence-corrected chi connectivity index (χ0v) is 22.3. The zero-order chi connectivity index (χ0) is 26.1. The smallest absolute Gasteiger partial charge is 0.243 e. The van der Waals surface area contributed by atoms with Crippen molar-refractivity contribution < 1.29 is 14.0 Å². The molecule has 0 saturated heterocycles. The SMILES string of the molecule is Cc1ccccc1CSCC(=O)N(Cc1ccccc1F)[C@@H](Cc1ccccc1)C(=O)NC(C)(C)C. The largest absolute Gasteiger partial charge is 0.350 e. The van der Waals surface area contributed by atoms with Crippen LogP contribution in [0.2, 0.25) is 0 Å². The number of nitrogens with one attached hydrogen (secondary N) is 1. The Labute approximate surface area is 218 Å². The van der Waals surface area contributed by atoms with Gasteiger partial charge in [0.05, 0.1) is 5.75 Å². The van der Waals surface area contributed by atoms with E-state index in [9.17, 15) is 14.0 Å². The maximum atomic E-state index is 14.6. The first-order chi connectivity index (χ1) is 17.1. The van der Waals surface area contributed by atoms with E-state index in [0.717, 1.165) is 5.56 Å². The van der Waals surface area contributed by atoms with Gasteiger partial charge in [0, 0.05) is 29.8 Å². The molecule has 3 aromatic carbocycles. The molecule has 0 aromatic heterocycles. The van der Waals surface area contributed by atoms with E-state index in [2.05, 4.69) is 24.4 Å². The van der Waals surface area contributed by atoms with E-state index < -0.39 is 17.4 Å². The number of carbonyl (C=O) groups is 2. The van der Waals surface area contributed by atoms with Crippen molar-refractivity contribution in [2.24, 2.45) is 0 Å². The lowest BCUT2D eigenvalue weighted by Crippen LogP contribution is -2.54. The second-order valence-corrected chi connectivity index (χ2v) is 11.0. The monoisotopic (exact) mass is 506 g/mol. The summed E-state index contributed by atoms with van der Waals surface area (Å²) in [7, 11) is 0. The Morgan fingerprint density at radius 3 is 2.17 bits per heavy atom. The zero-order valence-electron chi connectivity index (χ0n) is 21.5. The summed E-state index contributed by atoms with van der Waals surface area (Å²) in [6, 6.07) is 23.3. The Bertz CT molecular complexity index is 1160. The topological polar surface area (TPSA) is 49.4 Å². The summed E-state index contributed by atoms with van der Waals surface area (Å²) >= 11 is 1.50. The number of benzene rings is 3. The number of hydrogen-bond acceptors (Lipinski definition) is 3. The quantitative estimate of drug-likeness (QED) is 0.371. The third kappa shape index (κ3) is 8.23. The normalized spacial score (nSPS) is 12.1. The fourth-order valence-corrected chi connectivity index (χ4v) is 4.91. The van der Waals surface area contributed by atoms with Crippen molar-refractivity contribution in [2.45, 2.75) is 58.0 Å². The third-order valence-corrected chi connectivity index (χ3v) is 6.78. The molecule has 190 valence electrons. The summed E-state index contributed by atoms with van der Waals surface area (Å²) in [5.74, 6) is 0.0414. The third-order valence-electron chi connectivity index (χ3n) is 5.81. The predicted octanol–water partition coefficient (Wildman–Crippen LogP) is 5.92. The summed E-state index contributed by atoms with van der Waals surface area (Å²) in [5, 5.41) is 3.03. The Morgan fingerprint density at radius 2 is 1.53 bits per heavy atom. The molecule has 0 radical (unpaired) electrons. The van der Waals surface area contributed by atoms with Gasteiger partial charge in [-0.1, -0.05) is 72.8 Å². The molecule has 0 heterocycles. The lowest BCUT2D eigenvalue weighted by atomic mass is 10.0. The van der Waals surface area contributed by atoms with Crippen molar-refractivity contribution in [1.29, 1.82) is 0 Å². The van der Waals surface area contributed by atoms with Crippen LogP contribution in [0.4, 0.5) is 4.39 Å². The van der Waals surface area contributed by atoms with Crippen molar-refractivity contribution in [1.82, 2.24) is 10.2 Å². The minimum Gasteiger partial charge on any atom is -0.350 e. The summed E-state index contributed by atoms with van der Waals surface area (Å²) in [4.78, 5) is 28.7. The van der Waals surface area contributed by atoms with Gasteiger partial charge in [-0.3, -0.25) is 9.59 Å². The van der Waals surface area contributed by atoms with E-state index in [-0.39, 0.29) is 24.1 Å². The second kappa shape index (κ2) is 12.7. The Kier molecular flexibility index (Phi) is 9.71. The van der Waals surface area contributed by atoms with E-state index in [0.29, 0.717) is 17.7 Å². The van der Waals surface area contributed by atoms with Crippen LogP contribution in [0.25, 0.3) is 0 Å². The van der Waals surface area contributed by atoms with Crippen molar-refractivity contribution in [3.8, 4) is 0 Å². The number of halogens is 1. The van der Waals surface area contributed by atoms with Crippen LogP contribution in [-0.4, -0.2) is 34.0 Å². The molecule has 3 rings (SSSR count). The molecule has 1 atom stereocenters. The van der Waals surface area contributed by atoms with Crippen LogP contribution < -0.4 is 5.32 Å². The molecule has 0 aliphatic heterocycles. The molecular weight excluding hydrogens is 471 g/mol. The van der Waals surface area contributed by atoms with Crippen molar-refractivity contribution >= 4 is 23.6 Å². The van der Waals surface area contributed by atoms with E-state index in [4.69, 9.17) is 0 Å². The van der Waals surface area contributed by atoms with Gasteiger partial charge >= 0.3 is 0 Å². The minimum absolute atomic E-state index is 0.0193. The molecule has 6 heteroatoms. The molecule has 0 spiro atoms. The lowest BCUT2D eigenvalue weighted by molar-refractivity contribution is -0.140. The van der Waals surface area contributed by atoms with Crippen molar-refractivity contribution in [3.63, 3.8) is 0 Å². The van der Waals surface area contributed by atoms with Gasteiger partial charge in [0.1, 0.15) is 11.9 Å². The molecule has 36 heavy (non-hydrogen) atoms. The fraction of sp³-hybridized carbons (Fsp3) is 0.333. The highest BCUT2D eigenvalue weighted by Gasteiger charge is 2.32. The first kappa shape index (κ1) is 27.5. The van der Waals surface area contributed by atoms with Crippen LogP contribution in [0, 0.1) is 12.7 Å². The Balaban J connectivity index is 1.89. The minimum atomic E-state index is -0.780. The van der Waals surface area contributed by atoms with Gasteiger partial charge in [0.25, 0.3) is 0 Å². The molecule has 0 aliphatic carbocycles. The second-order valence-electron chi connectivity index (χ2n) is 9.98. The van der Waals surface area contributed by atoms with E-state index in [1.165, 1.54) is 33.9 Å². The molecule has 0 aliphatic rings. The molecule has 4 nitrogen and oxygen atoms in total. The fourth-order valence-electron chi connectivity index (χ4n) is 3.92. The molecule has 2 amide bonds. The molecule has 0 fully saturated rings. The number of hydrogen-bond donors (Lipinski definition) is 1. The highest BCUT2D eigenvalue weighted by atomic mass is 32.2. The molecule has 1 N–H and O–H groups in total. The van der Waals surface area contributed by atoms with Gasteiger partial charge < -0.3 is 10.2 Å². The highest BCUT2D eigenvalue weighted by molar-refractivity contribution is 7.99. The van der Waals surface area contributed by atoms with Crippen LogP contribution in [0.3, 0.4) is 0 Å². The maximum Gasteiger partial charge on any atom is 0.243 e. The van der Waals surface area contributed by atoms with Gasteiger partial charge in [-0.2, -0.15) is 0 Å². The molecular formula is C30H35FN2O2S. The van der Waals surface area contributed by atoms with Crippen LogP contribution in [0.1, 0.15) is 43.0 Å². The molecule has 0 saturated carbocycles. The summed E-state index contributed by atoms with van der Waals surface area (Å²) in [6.45, 7) is 7.79. The summed E-state index contributed by atoms with van der Waals surface area (Å²) in [5.41, 5.74) is 3.19. The van der Waals surface area contributed by atoms with Crippen LogP contribution in [0.15, 0.2) is 78.9 Å². The maximum absolute atomic E-state index is 14.6. The summed E-state index contributed by atoms with van der Waals surface area (Å²) in [6.07, 6.45) is 0.339. The van der Waals surface area contributed by atoms with Crippen molar-refractivity contribution in [3.05, 3.63) is 107 Å². The first-order valence-electron chi connectivity index (χ1n) is 12.1. The highest BCUT2D eigenvalue weighted by Crippen LogP contribution is 2.21. The van der Waals surface area contributed by atoms with Gasteiger partial charge in [-0.15, -0.1) is 11.8 Å². The molecule has 3 aromatic rings. The number of carbonyl (C=O) groups excluding carboxylic acids is 2. The average Bonchev–Trinajstić information content (AvgIpc) is 2.83. The number of rotatable bonds is 10. The Hall–Kier alpha value is -3.12. The van der Waals surface area contributed by atoms with Gasteiger partial charge in [0.2, 0.25) is 11.8 Å². The molecule has 0 unspecified atom stereocenters. The number of thioether (sulfide) groups is 1. The van der Waals surface area contributed by atoms with E-state index in [1.54, 1.807) is 18.2 Å².